The van der Waals surface area contributed by atoms with E-state index in [-0.39, 0.29) is 72.7 Å². The molecular weight excluding hydrogens is 638 g/mol. The van der Waals surface area contributed by atoms with E-state index in [9.17, 15) is 58.2 Å². The van der Waals surface area contributed by atoms with Crippen LogP contribution in [-0.4, -0.2) is 55.7 Å². The first-order valence-corrected chi connectivity index (χ1v) is 15.8. The van der Waals surface area contributed by atoms with Crippen LogP contribution in [0.5, 0.6) is 0 Å². The maximum absolute atomic E-state index is 14.8. The molecule has 2 saturated carbocycles. The number of aliphatic carboxylic acids is 1. The van der Waals surface area contributed by atoms with Gasteiger partial charge in [-0.15, -0.1) is 0 Å². The third-order valence-electron chi connectivity index (χ3n) is 9.37. The minimum Gasteiger partial charge on any atom is -0.481 e. The number of amides is 1. The monoisotopic (exact) mass is 667 g/mol. The highest BCUT2D eigenvalue weighted by Gasteiger charge is 2.73. The molecule has 15 heteroatoms. The summed E-state index contributed by atoms with van der Waals surface area (Å²) in [4.78, 5) is 25.7. The molecule has 0 radical (unpaired) electrons. The molecule has 1 N–H and O–H groups in total. The van der Waals surface area contributed by atoms with E-state index in [0.29, 0.717) is 25.0 Å². The lowest BCUT2D eigenvalue weighted by atomic mass is 9.81. The van der Waals surface area contributed by atoms with Crippen molar-refractivity contribution in [3.05, 3.63) is 65.0 Å². The lowest BCUT2D eigenvalue weighted by Crippen LogP contribution is -2.50. The zero-order valence-corrected chi connectivity index (χ0v) is 24.4. The van der Waals surface area contributed by atoms with Crippen molar-refractivity contribution in [2.24, 2.45) is 11.8 Å². The number of hydrogen-bond acceptors (Lipinski definition) is 4. The Morgan fingerprint density at radius 1 is 0.822 bits per heavy atom. The molecule has 2 aromatic carbocycles. The molecule has 2 aliphatic carbocycles. The molecule has 246 valence electrons. The number of carbonyl (C=O) groups excluding carboxylic acids is 1. The number of carbonyl (C=O) groups is 2. The number of carboxylic acid groups (broad SMARTS) is 1. The van der Waals surface area contributed by atoms with Gasteiger partial charge in [-0.05, 0) is 80.2 Å². The van der Waals surface area contributed by atoms with Crippen LogP contribution in [0.25, 0.3) is 0 Å². The minimum absolute atomic E-state index is 0.145. The number of sulfone groups is 1. The minimum atomic E-state index is -6.37. The molecule has 0 spiro atoms. The highest BCUT2D eigenvalue weighted by atomic mass is 32.2. The van der Waals surface area contributed by atoms with Crippen LogP contribution in [-0.2, 0) is 29.8 Å². The van der Waals surface area contributed by atoms with E-state index >= 15 is 0 Å². The molecule has 2 aromatic rings. The number of halogens is 8. The zero-order chi connectivity index (χ0) is 33.2. The van der Waals surface area contributed by atoms with E-state index in [1.165, 1.54) is 4.90 Å². The SMILES string of the molecule is O=C(O)C1CCC(C(=O)N2CC[C@](c3ccc(C(F)(C(F)(F)F)C(F)(F)F)cc3)(S(=O)(=O)c3ccc(F)c(C4CC4)c3)C2)CC1. The fraction of sp³-hybridized carbons (Fsp3) is 0.533. The van der Waals surface area contributed by atoms with Gasteiger partial charge in [0.1, 0.15) is 10.6 Å². The van der Waals surface area contributed by atoms with Crippen LogP contribution >= 0.6 is 0 Å². The van der Waals surface area contributed by atoms with Crippen LogP contribution in [0, 0.1) is 17.7 Å². The summed E-state index contributed by atoms with van der Waals surface area (Å²) in [7, 11) is -4.60. The zero-order valence-electron chi connectivity index (χ0n) is 23.6. The van der Waals surface area contributed by atoms with E-state index in [4.69, 9.17) is 0 Å². The van der Waals surface area contributed by atoms with Crippen LogP contribution in [0.4, 0.5) is 35.1 Å². The van der Waals surface area contributed by atoms with Crippen LogP contribution < -0.4 is 0 Å². The first kappa shape index (κ1) is 33.1. The first-order chi connectivity index (χ1) is 20.8. The van der Waals surface area contributed by atoms with Gasteiger partial charge in [-0.2, -0.15) is 26.3 Å². The fourth-order valence-corrected chi connectivity index (χ4v) is 8.65. The Morgan fingerprint density at radius 3 is 1.89 bits per heavy atom. The largest absolute Gasteiger partial charge is 0.481 e. The fourth-order valence-electron chi connectivity index (χ4n) is 6.54. The maximum Gasteiger partial charge on any atom is 0.435 e. The summed E-state index contributed by atoms with van der Waals surface area (Å²) in [6.45, 7) is -0.671. The Balaban J connectivity index is 1.55. The Hall–Kier alpha value is -3.23. The molecule has 1 atom stereocenters. The molecule has 0 aromatic heterocycles. The summed E-state index contributed by atoms with van der Waals surface area (Å²) in [6.07, 6.45) is -10.9. The molecule has 3 fully saturated rings. The molecule has 0 bridgehead atoms. The number of alkyl halides is 7. The predicted molar refractivity (Wildman–Crippen MR) is 143 cm³/mol. The topological polar surface area (TPSA) is 91.8 Å². The van der Waals surface area contributed by atoms with Crippen molar-refractivity contribution < 1.29 is 58.2 Å². The number of likely N-dealkylation sites (tertiary alicyclic amines) is 1. The van der Waals surface area contributed by atoms with E-state index in [2.05, 4.69) is 0 Å². The quantitative estimate of drug-likeness (QED) is 0.260. The second-order valence-electron chi connectivity index (χ2n) is 12.1. The van der Waals surface area contributed by atoms with E-state index in [1.54, 1.807) is 0 Å². The van der Waals surface area contributed by atoms with Gasteiger partial charge in [0.2, 0.25) is 5.91 Å². The molecular formula is C30H29F8NO5S. The normalized spacial score (nSPS) is 24.9. The molecule has 5 rings (SSSR count). The van der Waals surface area contributed by atoms with E-state index in [1.807, 2.05) is 0 Å². The lowest BCUT2D eigenvalue weighted by Gasteiger charge is -2.33. The molecule has 1 heterocycles. The highest BCUT2D eigenvalue weighted by Crippen LogP contribution is 2.54. The number of nitrogens with zero attached hydrogens (tertiary/aromatic N) is 1. The van der Waals surface area contributed by atoms with Gasteiger partial charge in [-0.1, -0.05) is 24.3 Å². The third kappa shape index (κ3) is 5.58. The average molecular weight is 668 g/mol. The van der Waals surface area contributed by atoms with Crippen molar-refractivity contribution in [1.29, 1.82) is 0 Å². The number of benzene rings is 2. The number of carboxylic acids is 1. The van der Waals surface area contributed by atoms with Gasteiger partial charge < -0.3 is 10.0 Å². The van der Waals surface area contributed by atoms with Crippen molar-refractivity contribution in [3.63, 3.8) is 0 Å². The Labute approximate surface area is 253 Å². The summed E-state index contributed by atoms with van der Waals surface area (Å²) in [5.74, 6) is -3.52. The molecule has 6 nitrogen and oxygen atoms in total. The highest BCUT2D eigenvalue weighted by molar-refractivity contribution is 7.92. The summed E-state index contributed by atoms with van der Waals surface area (Å²) in [5, 5.41) is 9.27. The molecule has 45 heavy (non-hydrogen) atoms. The van der Waals surface area contributed by atoms with Gasteiger partial charge in [0.05, 0.1) is 10.8 Å². The molecule has 1 aliphatic heterocycles. The number of rotatable bonds is 7. The molecule has 0 unspecified atom stereocenters. The Kier molecular flexibility index (Phi) is 8.27. The summed E-state index contributed by atoms with van der Waals surface area (Å²) in [5.41, 5.74) is -7.63. The van der Waals surface area contributed by atoms with Gasteiger partial charge in [-0.25, -0.2) is 17.2 Å². The Bertz CT molecular complexity index is 1560. The van der Waals surface area contributed by atoms with Gasteiger partial charge in [0.25, 0.3) is 0 Å². The van der Waals surface area contributed by atoms with Crippen molar-refractivity contribution in [3.8, 4) is 0 Å². The van der Waals surface area contributed by atoms with Crippen LogP contribution in [0.2, 0.25) is 0 Å². The molecule has 1 amide bonds. The molecule has 1 saturated heterocycles. The summed E-state index contributed by atoms with van der Waals surface area (Å²) >= 11 is 0. The van der Waals surface area contributed by atoms with E-state index < -0.39 is 74.2 Å². The lowest BCUT2D eigenvalue weighted by molar-refractivity contribution is -0.348. The molecule has 3 aliphatic rings. The van der Waals surface area contributed by atoms with Crippen molar-refractivity contribution in [2.75, 3.05) is 13.1 Å². The second kappa shape index (κ2) is 11.2. The Morgan fingerprint density at radius 2 is 1.38 bits per heavy atom. The van der Waals surface area contributed by atoms with Gasteiger partial charge in [-0.3, -0.25) is 9.59 Å². The summed E-state index contributed by atoms with van der Waals surface area (Å²) < 4.78 is 136. The first-order valence-electron chi connectivity index (χ1n) is 14.3. The van der Waals surface area contributed by atoms with Crippen molar-refractivity contribution >= 4 is 21.7 Å². The third-order valence-corrected chi connectivity index (χ3v) is 11.8. The van der Waals surface area contributed by atoms with Gasteiger partial charge in [0.15, 0.2) is 9.84 Å². The number of hydrogen-bond donors (Lipinski definition) is 1. The second-order valence-corrected chi connectivity index (χ2v) is 14.3. The van der Waals surface area contributed by atoms with Crippen LogP contribution in [0.3, 0.4) is 0 Å². The average Bonchev–Trinajstić information content (AvgIpc) is 3.72. The van der Waals surface area contributed by atoms with Gasteiger partial charge in [0, 0.05) is 24.6 Å². The summed E-state index contributed by atoms with van der Waals surface area (Å²) in [6, 6.07) is 5.02. The van der Waals surface area contributed by atoms with Crippen LogP contribution in [0.1, 0.15) is 67.6 Å². The predicted octanol–water partition coefficient (Wildman–Crippen LogP) is 6.79. The van der Waals surface area contributed by atoms with E-state index in [0.717, 1.165) is 18.2 Å². The smallest absolute Gasteiger partial charge is 0.435 e. The van der Waals surface area contributed by atoms with Crippen molar-refractivity contribution in [1.82, 2.24) is 4.90 Å². The van der Waals surface area contributed by atoms with Crippen molar-refractivity contribution in [2.45, 2.75) is 78.5 Å². The maximum atomic E-state index is 14.8. The van der Waals surface area contributed by atoms with Crippen LogP contribution in [0.15, 0.2) is 47.4 Å². The standard InChI is InChI=1S/C30H29F8NO5S/c31-24-12-11-22(15-23(24)17-1-2-17)45(43,44)27(13-14-39(16-27)25(40)18-3-5-19(6-4-18)26(41)42)20-7-9-21(10-8-20)28(32,29(33,34)35)30(36,37)38/h7-12,15,17-19H,1-6,13-14,16H2,(H,41,42)/t18?,19?,27-/m0/s1. The van der Waals surface area contributed by atoms with Gasteiger partial charge >= 0.3 is 24.0 Å².